The van der Waals surface area contributed by atoms with Crippen LogP contribution in [0.2, 0.25) is 0 Å². The van der Waals surface area contributed by atoms with E-state index in [1.54, 1.807) is 6.20 Å². The van der Waals surface area contributed by atoms with Gasteiger partial charge in [0.05, 0.1) is 12.2 Å². The van der Waals surface area contributed by atoms with Crippen molar-refractivity contribution in [3.8, 4) is 0 Å². The maximum Gasteiger partial charge on any atom is 0.123 e. The molecule has 17 heavy (non-hydrogen) atoms. The first-order valence-electron chi connectivity index (χ1n) is 5.48. The van der Waals surface area contributed by atoms with Crippen molar-refractivity contribution in [1.29, 1.82) is 0 Å². The Morgan fingerprint density at radius 2 is 2.06 bits per heavy atom. The summed E-state index contributed by atoms with van der Waals surface area (Å²) in [4.78, 5) is 4.29. The summed E-state index contributed by atoms with van der Waals surface area (Å²) >= 11 is 2.30. The molecule has 2 rings (SSSR count). The molecule has 0 fully saturated rings. The van der Waals surface area contributed by atoms with Crippen molar-refractivity contribution < 1.29 is 0 Å². The minimum Gasteiger partial charge on any atom is -0.259 e. The summed E-state index contributed by atoms with van der Waals surface area (Å²) in [6.45, 7) is 7.10. The van der Waals surface area contributed by atoms with Crippen molar-refractivity contribution in [2.45, 2.75) is 32.7 Å². The van der Waals surface area contributed by atoms with Gasteiger partial charge in [0.1, 0.15) is 9.39 Å². The lowest BCUT2D eigenvalue weighted by Crippen LogP contribution is -2.14. The highest BCUT2D eigenvalue weighted by atomic mass is 127. The van der Waals surface area contributed by atoms with Crippen molar-refractivity contribution in [2.75, 3.05) is 0 Å². The van der Waals surface area contributed by atoms with Crippen molar-refractivity contribution in [3.63, 3.8) is 0 Å². The summed E-state index contributed by atoms with van der Waals surface area (Å²) < 4.78 is 2.98. The Labute approximate surface area is 115 Å². The zero-order valence-corrected chi connectivity index (χ0v) is 12.3. The maximum absolute atomic E-state index is 4.29. The number of halogens is 1. The van der Waals surface area contributed by atoms with E-state index in [1.165, 1.54) is 0 Å². The molecular weight excluding hydrogens is 327 g/mol. The van der Waals surface area contributed by atoms with E-state index in [0.29, 0.717) is 6.54 Å². The third-order valence-corrected chi connectivity index (χ3v) is 3.49. The van der Waals surface area contributed by atoms with E-state index >= 15 is 0 Å². The molecule has 0 atom stereocenters. The van der Waals surface area contributed by atoms with Gasteiger partial charge in [-0.3, -0.25) is 4.98 Å². The highest BCUT2D eigenvalue weighted by molar-refractivity contribution is 14.1. The topological polar surface area (TPSA) is 43.6 Å². The molecule has 0 aliphatic heterocycles. The zero-order chi connectivity index (χ0) is 12.5. The van der Waals surface area contributed by atoms with Crippen LogP contribution in [-0.2, 0) is 12.0 Å². The first-order valence-corrected chi connectivity index (χ1v) is 6.56. The fourth-order valence-corrected chi connectivity index (χ4v) is 2.69. The second kappa shape index (κ2) is 4.72. The minimum atomic E-state index is 0.0267. The number of aromatic nitrogens is 4. The number of rotatable bonds is 2. The molecule has 5 heteroatoms. The van der Waals surface area contributed by atoms with Crippen molar-refractivity contribution in [1.82, 2.24) is 20.0 Å². The zero-order valence-electron chi connectivity index (χ0n) is 10.2. The molecule has 90 valence electrons. The molecule has 0 N–H and O–H groups in total. The third-order valence-electron chi connectivity index (χ3n) is 2.42. The molecule has 4 nitrogen and oxygen atoms in total. The molecule has 2 aromatic rings. The summed E-state index contributed by atoms with van der Waals surface area (Å²) in [5.41, 5.74) is 2.06. The van der Waals surface area contributed by atoms with Crippen LogP contribution in [-0.4, -0.2) is 20.0 Å². The average molecular weight is 342 g/mol. The Kier molecular flexibility index (Phi) is 3.46. The Bertz CT molecular complexity index is 499. The second-order valence-corrected chi connectivity index (χ2v) is 5.98. The van der Waals surface area contributed by atoms with Crippen LogP contribution in [0.3, 0.4) is 0 Å². The van der Waals surface area contributed by atoms with Gasteiger partial charge in [-0.15, -0.1) is 5.10 Å². The maximum atomic E-state index is 4.29. The van der Waals surface area contributed by atoms with Crippen molar-refractivity contribution in [2.24, 2.45) is 0 Å². The van der Waals surface area contributed by atoms with E-state index in [2.05, 4.69) is 58.7 Å². The first-order chi connectivity index (χ1) is 7.98. The first kappa shape index (κ1) is 12.5. The molecular formula is C12H15IN4. The summed E-state index contributed by atoms with van der Waals surface area (Å²) in [7, 11) is 0. The van der Waals surface area contributed by atoms with Gasteiger partial charge in [-0.05, 0) is 34.7 Å². The lowest BCUT2D eigenvalue weighted by Gasteiger charge is -2.14. The van der Waals surface area contributed by atoms with Crippen molar-refractivity contribution >= 4 is 22.6 Å². The highest BCUT2D eigenvalue weighted by Crippen LogP contribution is 2.24. The number of pyridine rings is 1. The Hall–Kier alpha value is -0.980. The predicted octanol–water partition coefficient (Wildman–Crippen LogP) is 2.62. The van der Waals surface area contributed by atoms with E-state index in [0.717, 1.165) is 15.1 Å². The molecule has 0 spiro atoms. The van der Waals surface area contributed by atoms with Gasteiger partial charge in [0.2, 0.25) is 0 Å². The van der Waals surface area contributed by atoms with Crippen molar-refractivity contribution in [3.05, 3.63) is 39.5 Å². The summed E-state index contributed by atoms with van der Waals surface area (Å²) in [6.07, 6.45) is 1.80. The highest BCUT2D eigenvalue weighted by Gasteiger charge is 2.23. The second-order valence-electron chi connectivity index (χ2n) is 4.96. The van der Waals surface area contributed by atoms with Crippen LogP contribution in [0.25, 0.3) is 0 Å². The van der Waals surface area contributed by atoms with Crippen LogP contribution in [0.5, 0.6) is 0 Å². The molecule has 2 aromatic heterocycles. The standard InChI is InChI=1S/C12H15IN4/c1-12(2,3)10-11(13)17(16-15-10)8-9-6-4-5-7-14-9/h4-7H,8H2,1-3H3. The lowest BCUT2D eigenvalue weighted by atomic mass is 9.93. The molecule has 2 heterocycles. The van der Waals surface area contributed by atoms with Crippen LogP contribution in [0.4, 0.5) is 0 Å². The van der Waals surface area contributed by atoms with E-state index in [1.807, 2.05) is 22.9 Å². The fourth-order valence-electron chi connectivity index (χ4n) is 1.51. The van der Waals surface area contributed by atoms with Crippen LogP contribution in [0, 0.1) is 3.70 Å². The van der Waals surface area contributed by atoms with Crippen LogP contribution >= 0.6 is 22.6 Å². The number of hydrogen-bond donors (Lipinski definition) is 0. The van der Waals surface area contributed by atoms with Gasteiger partial charge < -0.3 is 0 Å². The van der Waals surface area contributed by atoms with Gasteiger partial charge in [-0.1, -0.05) is 32.1 Å². The fraction of sp³-hybridized carbons (Fsp3) is 0.417. The van der Waals surface area contributed by atoms with Gasteiger partial charge in [0.15, 0.2) is 0 Å². The quantitative estimate of drug-likeness (QED) is 0.788. The largest absolute Gasteiger partial charge is 0.259 e. The predicted molar refractivity (Wildman–Crippen MR) is 74.8 cm³/mol. The Morgan fingerprint density at radius 3 is 2.59 bits per heavy atom. The van der Waals surface area contributed by atoms with Gasteiger partial charge in [-0.2, -0.15) is 0 Å². The molecule has 0 bridgehead atoms. The summed E-state index contributed by atoms with van der Waals surface area (Å²) in [5, 5.41) is 8.46. The molecule has 0 saturated heterocycles. The van der Waals surface area contributed by atoms with Gasteiger partial charge in [0.25, 0.3) is 0 Å². The SMILES string of the molecule is CC(C)(C)c1nnn(Cc2ccccn2)c1I. The molecule has 0 aliphatic rings. The molecule has 0 unspecified atom stereocenters. The van der Waals surface area contributed by atoms with E-state index in [4.69, 9.17) is 0 Å². The van der Waals surface area contributed by atoms with E-state index in [-0.39, 0.29) is 5.41 Å². The van der Waals surface area contributed by atoms with Crippen LogP contribution in [0.1, 0.15) is 32.2 Å². The summed E-state index contributed by atoms with van der Waals surface area (Å²) in [5.74, 6) is 0. The average Bonchev–Trinajstić information content (AvgIpc) is 2.61. The van der Waals surface area contributed by atoms with Gasteiger partial charge in [0, 0.05) is 11.6 Å². The van der Waals surface area contributed by atoms with Gasteiger partial charge >= 0.3 is 0 Å². The number of nitrogens with zero attached hydrogens (tertiary/aromatic N) is 4. The lowest BCUT2D eigenvalue weighted by molar-refractivity contribution is 0.563. The monoisotopic (exact) mass is 342 g/mol. The molecule has 0 aromatic carbocycles. The summed E-state index contributed by atoms with van der Waals surface area (Å²) in [6, 6.07) is 5.89. The Morgan fingerprint density at radius 1 is 1.29 bits per heavy atom. The smallest absolute Gasteiger partial charge is 0.123 e. The van der Waals surface area contributed by atoms with Crippen LogP contribution < -0.4 is 0 Å². The molecule has 0 saturated carbocycles. The van der Waals surface area contributed by atoms with E-state index < -0.39 is 0 Å². The molecule has 0 aliphatic carbocycles. The third kappa shape index (κ3) is 2.83. The number of hydrogen-bond acceptors (Lipinski definition) is 3. The molecule has 0 radical (unpaired) electrons. The van der Waals surface area contributed by atoms with E-state index in [9.17, 15) is 0 Å². The molecule has 0 amide bonds. The minimum absolute atomic E-state index is 0.0267. The normalized spacial score (nSPS) is 11.8. The Balaban J connectivity index is 2.27. The van der Waals surface area contributed by atoms with Gasteiger partial charge in [-0.25, -0.2) is 4.68 Å². The van der Waals surface area contributed by atoms with Crippen LogP contribution in [0.15, 0.2) is 24.4 Å².